The molecule has 0 aliphatic carbocycles. The maximum Gasteiger partial charge on any atom is 0.235 e. The van der Waals surface area contributed by atoms with Crippen LogP contribution in [0.3, 0.4) is 0 Å². The Kier molecular flexibility index (Phi) is 5.91. The Morgan fingerprint density at radius 3 is 1.92 bits per heavy atom. The van der Waals surface area contributed by atoms with E-state index in [0.29, 0.717) is 12.1 Å². The van der Waals surface area contributed by atoms with Crippen molar-refractivity contribution in [1.82, 2.24) is 10.6 Å². The van der Waals surface area contributed by atoms with Gasteiger partial charge in [0.2, 0.25) is 11.8 Å². The molecule has 0 saturated carbocycles. The Bertz CT molecular complexity index is 708. The van der Waals surface area contributed by atoms with Crippen molar-refractivity contribution in [2.75, 3.05) is 0 Å². The van der Waals surface area contributed by atoms with Gasteiger partial charge < -0.3 is 10.6 Å². The van der Waals surface area contributed by atoms with E-state index in [1.54, 1.807) is 32.0 Å². The molecule has 2 rings (SSSR count). The molecule has 2 N–H and O–H groups in total. The average Bonchev–Trinajstić information content (AvgIpc) is 2.59. The quantitative estimate of drug-likeness (QED) is 0.793. The molecule has 2 amide bonds. The van der Waals surface area contributed by atoms with E-state index >= 15 is 0 Å². The highest BCUT2D eigenvalue weighted by Gasteiger charge is 2.35. The molecule has 2 aromatic rings. The largest absolute Gasteiger partial charge is 0.351 e. The zero-order valence-electron chi connectivity index (χ0n) is 14.7. The van der Waals surface area contributed by atoms with Crippen LogP contribution >= 0.6 is 0 Å². The van der Waals surface area contributed by atoms with Gasteiger partial charge in [-0.05, 0) is 38.0 Å². The molecule has 0 aliphatic heterocycles. The first-order valence-corrected chi connectivity index (χ1v) is 8.17. The van der Waals surface area contributed by atoms with Crippen molar-refractivity contribution >= 4 is 11.8 Å². The van der Waals surface area contributed by atoms with Crippen molar-refractivity contribution in [2.45, 2.75) is 33.9 Å². The number of aryl methyl sites for hydroxylation is 1. The molecule has 25 heavy (non-hydrogen) atoms. The summed E-state index contributed by atoms with van der Waals surface area (Å²) in [5.74, 6) is -1.20. The van der Waals surface area contributed by atoms with E-state index in [1.807, 2.05) is 31.2 Å². The first-order valence-electron chi connectivity index (χ1n) is 8.17. The zero-order chi connectivity index (χ0) is 18.4. The molecule has 0 spiro atoms. The van der Waals surface area contributed by atoms with Crippen molar-refractivity contribution in [3.05, 3.63) is 71.0 Å². The van der Waals surface area contributed by atoms with Crippen LogP contribution in [0.2, 0.25) is 0 Å². The topological polar surface area (TPSA) is 58.2 Å². The monoisotopic (exact) mass is 342 g/mol. The summed E-state index contributed by atoms with van der Waals surface area (Å²) in [6.45, 7) is 5.47. The first kappa shape index (κ1) is 18.6. The molecular formula is C20H23FN2O2. The molecule has 4 nitrogen and oxygen atoms in total. The molecular weight excluding hydrogens is 319 g/mol. The van der Waals surface area contributed by atoms with Crippen molar-refractivity contribution in [3.63, 3.8) is 0 Å². The molecule has 0 aliphatic rings. The average molecular weight is 342 g/mol. The van der Waals surface area contributed by atoms with Gasteiger partial charge in [0.25, 0.3) is 0 Å². The van der Waals surface area contributed by atoms with Crippen LogP contribution in [-0.2, 0) is 22.7 Å². The highest BCUT2D eigenvalue weighted by atomic mass is 19.1. The van der Waals surface area contributed by atoms with Gasteiger partial charge in [0.05, 0.1) is 0 Å². The Balaban J connectivity index is 1.94. The Morgan fingerprint density at radius 2 is 1.36 bits per heavy atom. The maximum atomic E-state index is 13.6. The van der Waals surface area contributed by atoms with Crippen LogP contribution in [0.1, 0.15) is 30.5 Å². The summed E-state index contributed by atoms with van der Waals surface area (Å²) in [4.78, 5) is 24.8. The third-order valence-corrected chi connectivity index (χ3v) is 4.23. The Hall–Kier alpha value is -2.69. The van der Waals surface area contributed by atoms with Crippen molar-refractivity contribution < 1.29 is 14.0 Å². The third-order valence-electron chi connectivity index (χ3n) is 4.23. The predicted molar refractivity (Wildman–Crippen MR) is 95.1 cm³/mol. The molecule has 0 heterocycles. The Labute approximate surface area is 147 Å². The lowest BCUT2D eigenvalue weighted by molar-refractivity contribution is -0.141. The van der Waals surface area contributed by atoms with E-state index in [-0.39, 0.29) is 18.3 Å². The van der Waals surface area contributed by atoms with Gasteiger partial charge in [-0.1, -0.05) is 42.5 Å². The summed E-state index contributed by atoms with van der Waals surface area (Å²) >= 11 is 0. The van der Waals surface area contributed by atoms with Gasteiger partial charge in [0.15, 0.2) is 0 Å². The van der Waals surface area contributed by atoms with Gasteiger partial charge >= 0.3 is 0 Å². The number of rotatable bonds is 6. The number of benzene rings is 2. The van der Waals surface area contributed by atoms with Gasteiger partial charge in [-0.2, -0.15) is 0 Å². The number of hydrogen-bond donors (Lipinski definition) is 2. The number of carbonyl (C=O) groups is 2. The van der Waals surface area contributed by atoms with Crippen LogP contribution in [-0.4, -0.2) is 11.8 Å². The summed E-state index contributed by atoms with van der Waals surface area (Å²) in [5.41, 5.74) is 1.20. The van der Waals surface area contributed by atoms with E-state index in [4.69, 9.17) is 0 Å². The Morgan fingerprint density at radius 1 is 0.880 bits per heavy atom. The molecule has 0 saturated heterocycles. The van der Waals surface area contributed by atoms with Crippen molar-refractivity contribution in [2.24, 2.45) is 5.41 Å². The van der Waals surface area contributed by atoms with Crippen LogP contribution < -0.4 is 10.6 Å². The lowest BCUT2D eigenvalue weighted by atomic mass is 9.90. The number of carbonyl (C=O) groups excluding carboxylic acids is 2. The summed E-state index contributed by atoms with van der Waals surface area (Å²) in [6, 6.07) is 14.0. The molecule has 0 bridgehead atoms. The second-order valence-electron chi connectivity index (χ2n) is 6.51. The van der Waals surface area contributed by atoms with Crippen LogP contribution in [0.25, 0.3) is 0 Å². The number of nitrogens with one attached hydrogen (secondary N) is 2. The second kappa shape index (κ2) is 7.92. The van der Waals surface area contributed by atoms with Crippen LogP contribution in [0.5, 0.6) is 0 Å². The molecule has 0 unspecified atom stereocenters. The summed E-state index contributed by atoms with van der Waals surface area (Å²) in [6.07, 6.45) is 0. The fraction of sp³-hybridized carbons (Fsp3) is 0.300. The normalized spacial score (nSPS) is 11.0. The minimum Gasteiger partial charge on any atom is -0.351 e. The number of hydrogen-bond acceptors (Lipinski definition) is 2. The zero-order valence-corrected chi connectivity index (χ0v) is 14.7. The molecule has 0 radical (unpaired) electrons. The molecule has 132 valence electrons. The van der Waals surface area contributed by atoms with Crippen molar-refractivity contribution in [1.29, 1.82) is 0 Å². The van der Waals surface area contributed by atoms with Crippen LogP contribution in [0.15, 0.2) is 48.5 Å². The molecule has 2 aromatic carbocycles. The van der Waals surface area contributed by atoms with E-state index in [0.717, 1.165) is 11.1 Å². The molecule has 0 fully saturated rings. The van der Waals surface area contributed by atoms with Gasteiger partial charge in [-0.25, -0.2) is 4.39 Å². The fourth-order valence-corrected chi connectivity index (χ4v) is 2.35. The lowest BCUT2D eigenvalue weighted by Crippen LogP contribution is -2.47. The lowest BCUT2D eigenvalue weighted by Gasteiger charge is -2.23. The molecule has 0 aromatic heterocycles. The van der Waals surface area contributed by atoms with Gasteiger partial charge in [-0.15, -0.1) is 0 Å². The van der Waals surface area contributed by atoms with Gasteiger partial charge in [-0.3, -0.25) is 9.59 Å². The summed E-state index contributed by atoms with van der Waals surface area (Å²) in [5, 5.41) is 5.43. The second-order valence-corrected chi connectivity index (χ2v) is 6.51. The third kappa shape index (κ3) is 4.66. The van der Waals surface area contributed by atoms with E-state index in [1.165, 1.54) is 6.07 Å². The fourth-order valence-electron chi connectivity index (χ4n) is 2.35. The predicted octanol–water partition coefficient (Wildman–Crippen LogP) is 3.09. The van der Waals surface area contributed by atoms with Crippen molar-refractivity contribution in [3.8, 4) is 0 Å². The van der Waals surface area contributed by atoms with E-state index < -0.39 is 11.3 Å². The SMILES string of the molecule is Cc1ccccc1CNC(=O)C(C)(C)C(=O)NCc1ccccc1F. The first-order chi connectivity index (χ1) is 11.8. The van der Waals surface area contributed by atoms with E-state index in [2.05, 4.69) is 10.6 Å². The van der Waals surface area contributed by atoms with Gasteiger partial charge in [0, 0.05) is 18.7 Å². The van der Waals surface area contributed by atoms with E-state index in [9.17, 15) is 14.0 Å². The summed E-state index contributed by atoms with van der Waals surface area (Å²) < 4.78 is 13.6. The van der Waals surface area contributed by atoms with Crippen LogP contribution in [0.4, 0.5) is 4.39 Å². The highest BCUT2D eigenvalue weighted by Crippen LogP contribution is 2.17. The smallest absolute Gasteiger partial charge is 0.235 e. The highest BCUT2D eigenvalue weighted by molar-refractivity contribution is 6.04. The number of amides is 2. The summed E-state index contributed by atoms with van der Waals surface area (Å²) in [7, 11) is 0. The standard InChI is InChI=1S/C20H23FN2O2/c1-14-8-4-5-9-15(14)12-22-18(24)20(2,3)19(25)23-13-16-10-6-7-11-17(16)21/h4-11H,12-13H2,1-3H3,(H,22,24)(H,23,25). The minimum atomic E-state index is -1.26. The van der Waals surface area contributed by atoms with Gasteiger partial charge in [0.1, 0.15) is 11.2 Å². The maximum absolute atomic E-state index is 13.6. The minimum absolute atomic E-state index is 0.0417. The molecule has 5 heteroatoms. The molecule has 0 atom stereocenters. The number of halogens is 1. The van der Waals surface area contributed by atoms with Crippen LogP contribution in [0, 0.1) is 18.2 Å².